The molecule has 6 rings (SSSR count). The summed E-state index contributed by atoms with van der Waals surface area (Å²) in [5.74, 6) is -0.232. The summed E-state index contributed by atoms with van der Waals surface area (Å²) in [7, 11) is 0. The number of hydrogen-bond donors (Lipinski definition) is 1. The number of rotatable bonds is 9. The van der Waals surface area contributed by atoms with Crippen LogP contribution in [0, 0.1) is 0 Å². The quantitative estimate of drug-likeness (QED) is 0.185. The Labute approximate surface area is 312 Å². The number of nitrogens with zero attached hydrogens (tertiary/aromatic N) is 3. The lowest BCUT2D eigenvalue weighted by Gasteiger charge is -2.34. The molecule has 2 aliphatic heterocycles. The van der Waals surface area contributed by atoms with E-state index in [-0.39, 0.29) is 48.1 Å². The van der Waals surface area contributed by atoms with Gasteiger partial charge in [-0.05, 0) is 105 Å². The van der Waals surface area contributed by atoms with E-state index in [4.69, 9.17) is 32.9 Å². The second kappa shape index (κ2) is 16.4. The van der Waals surface area contributed by atoms with Crippen molar-refractivity contribution < 1.29 is 27.8 Å². The fraction of sp³-hybridized carbons (Fsp3) is 0.333. The Kier molecular flexibility index (Phi) is 12.4. The predicted octanol–water partition coefficient (Wildman–Crippen LogP) is 9.95. The second-order valence-electron chi connectivity index (χ2n) is 13.0. The fourth-order valence-corrected chi connectivity index (χ4v) is 6.96. The van der Waals surface area contributed by atoms with Crippen molar-refractivity contribution in [1.29, 1.82) is 0 Å². The SMILES string of the molecule is CC(C)Oc1cc(C(F)(F)F)ccc1C1=NC(c2ccc(Cl)cc2)C(c2ccc(Cl)cc2)N1C(=O)c1ccc(CN2CCCCC2CO)cc1.Cl. The molecule has 0 saturated carbocycles. The predicted molar refractivity (Wildman–Crippen MR) is 197 cm³/mol. The van der Waals surface area contributed by atoms with Gasteiger partial charge in [-0.1, -0.05) is 66.0 Å². The van der Waals surface area contributed by atoms with Crippen molar-refractivity contribution in [2.45, 2.75) is 70.1 Å². The molecule has 4 aromatic rings. The molecule has 3 unspecified atom stereocenters. The highest BCUT2D eigenvalue weighted by Crippen LogP contribution is 2.46. The number of halogens is 6. The zero-order valence-electron chi connectivity index (χ0n) is 28.1. The molecule has 3 atom stereocenters. The molecule has 0 aromatic heterocycles. The van der Waals surface area contributed by atoms with Gasteiger partial charge < -0.3 is 9.84 Å². The monoisotopic (exact) mass is 759 g/mol. The third-order valence-electron chi connectivity index (χ3n) is 9.17. The minimum atomic E-state index is -4.61. The van der Waals surface area contributed by atoms with Crippen molar-refractivity contribution in [1.82, 2.24) is 9.80 Å². The average molecular weight is 761 g/mol. The van der Waals surface area contributed by atoms with E-state index in [0.29, 0.717) is 22.2 Å². The first-order valence-electron chi connectivity index (χ1n) is 16.7. The molecule has 12 heteroatoms. The van der Waals surface area contributed by atoms with Crippen LogP contribution in [0.4, 0.5) is 13.2 Å². The van der Waals surface area contributed by atoms with Crippen LogP contribution in [0.3, 0.4) is 0 Å². The van der Waals surface area contributed by atoms with Gasteiger partial charge in [0.25, 0.3) is 5.91 Å². The summed E-state index contributed by atoms with van der Waals surface area (Å²) in [6.07, 6.45) is -1.97. The Bertz CT molecular complexity index is 1840. The Balaban J connectivity index is 0.00000504. The molecule has 4 aromatic carbocycles. The highest BCUT2D eigenvalue weighted by atomic mass is 35.5. The number of amidine groups is 1. The first-order valence-corrected chi connectivity index (χ1v) is 17.4. The highest BCUT2D eigenvalue weighted by molar-refractivity contribution is 6.30. The minimum Gasteiger partial charge on any atom is -0.490 e. The Morgan fingerprint density at radius 3 is 2.14 bits per heavy atom. The minimum absolute atomic E-state index is 0. The van der Waals surface area contributed by atoms with Crippen molar-refractivity contribution in [2.24, 2.45) is 4.99 Å². The van der Waals surface area contributed by atoms with E-state index < -0.39 is 29.9 Å². The smallest absolute Gasteiger partial charge is 0.416 e. The van der Waals surface area contributed by atoms with Crippen molar-refractivity contribution in [2.75, 3.05) is 13.2 Å². The van der Waals surface area contributed by atoms with Crippen LogP contribution in [0.1, 0.15) is 83.4 Å². The lowest BCUT2D eigenvalue weighted by Crippen LogP contribution is -2.41. The van der Waals surface area contributed by atoms with Crippen LogP contribution in [-0.4, -0.2) is 51.9 Å². The van der Waals surface area contributed by atoms with Gasteiger partial charge in [-0.2, -0.15) is 13.2 Å². The number of benzene rings is 4. The largest absolute Gasteiger partial charge is 0.490 e. The molecule has 2 aliphatic rings. The molecule has 6 nitrogen and oxygen atoms in total. The van der Waals surface area contributed by atoms with E-state index in [1.165, 1.54) is 6.07 Å². The number of piperidine rings is 1. The molecule has 1 fully saturated rings. The molecule has 51 heavy (non-hydrogen) atoms. The van der Waals surface area contributed by atoms with E-state index in [9.17, 15) is 23.1 Å². The number of ether oxygens (including phenoxy) is 1. The van der Waals surface area contributed by atoms with Gasteiger partial charge in [-0.25, -0.2) is 0 Å². The number of hydrogen-bond acceptors (Lipinski definition) is 5. The van der Waals surface area contributed by atoms with E-state index in [2.05, 4.69) is 4.90 Å². The standard InChI is InChI=1S/C39H38Cl2F3N3O3.ClH/c1-24(2)50-34-21-29(39(42,43)44)14-19-33(34)37-45-35(26-10-15-30(40)16-11-26)36(27-12-17-31(41)18-13-27)47(37)38(49)28-8-6-25(7-9-28)22-46-20-4-3-5-32(46)23-48;/h6-19,21,24,32,35-36,48H,3-5,20,22-23H2,1-2H3;1H. The zero-order valence-corrected chi connectivity index (χ0v) is 30.4. The number of aliphatic hydroxyl groups excluding tert-OH is 1. The fourth-order valence-electron chi connectivity index (χ4n) is 6.70. The summed E-state index contributed by atoms with van der Waals surface area (Å²) in [5, 5.41) is 10.9. The normalized spacial score (nSPS) is 19.5. The van der Waals surface area contributed by atoms with Crippen LogP contribution in [0.25, 0.3) is 0 Å². The number of aliphatic imine (C=N–C) groups is 1. The van der Waals surface area contributed by atoms with Crippen LogP contribution in [0.15, 0.2) is 96.0 Å². The maximum absolute atomic E-state index is 14.8. The first-order chi connectivity index (χ1) is 23.9. The molecule has 0 aliphatic carbocycles. The molecule has 1 amide bonds. The van der Waals surface area contributed by atoms with E-state index in [1.807, 2.05) is 36.4 Å². The molecule has 0 spiro atoms. The molecular formula is C39H39Cl3F3N3O3. The van der Waals surface area contributed by atoms with Crippen LogP contribution in [0.5, 0.6) is 5.75 Å². The Hall–Kier alpha value is -3.60. The molecular weight excluding hydrogens is 722 g/mol. The number of amides is 1. The Morgan fingerprint density at radius 1 is 0.922 bits per heavy atom. The molecule has 1 saturated heterocycles. The number of carbonyl (C=O) groups is 1. The number of likely N-dealkylation sites (tertiary alicyclic amines) is 1. The molecule has 1 N–H and O–H groups in total. The average Bonchev–Trinajstić information content (AvgIpc) is 3.49. The van der Waals surface area contributed by atoms with Gasteiger partial charge in [0.15, 0.2) is 0 Å². The number of alkyl halides is 3. The van der Waals surface area contributed by atoms with Crippen LogP contribution >= 0.6 is 35.6 Å². The van der Waals surface area contributed by atoms with Crippen LogP contribution in [0.2, 0.25) is 10.0 Å². The van der Waals surface area contributed by atoms with Crippen molar-refractivity contribution >= 4 is 47.4 Å². The van der Waals surface area contributed by atoms with Gasteiger partial charge in [0.2, 0.25) is 0 Å². The van der Waals surface area contributed by atoms with Gasteiger partial charge in [-0.3, -0.25) is 19.6 Å². The molecule has 0 bridgehead atoms. The Morgan fingerprint density at radius 2 is 1.55 bits per heavy atom. The number of carbonyl (C=O) groups excluding carboxylic acids is 1. The van der Waals surface area contributed by atoms with E-state index >= 15 is 0 Å². The third-order valence-corrected chi connectivity index (χ3v) is 9.67. The van der Waals surface area contributed by atoms with Crippen molar-refractivity contribution in [3.05, 3.63) is 134 Å². The van der Waals surface area contributed by atoms with Gasteiger partial charge in [0.1, 0.15) is 17.6 Å². The summed E-state index contributed by atoms with van der Waals surface area (Å²) in [4.78, 5) is 23.7. The lowest BCUT2D eigenvalue weighted by molar-refractivity contribution is -0.137. The summed E-state index contributed by atoms with van der Waals surface area (Å²) in [6, 6.07) is 23.6. The van der Waals surface area contributed by atoms with E-state index in [0.717, 1.165) is 54.6 Å². The lowest BCUT2D eigenvalue weighted by atomic mass is 9.93. The molecule has 2 heterocycles. The molecule has 270 valence electrons. The summed E-state index contributed by atoms with van der Waals surface area (Å²) >= 11 is 12.5. The summed E-state index contributed by atoms with van der Waals surface area (Å²) in [6.45, 7) is 5.09. The maximum Gasteiger partial charge on any atom is 0.416 e. The van der Waals surface area contributed by atoms with Crippen molar-refractivity contribution in [3.8, 4) is 5.75 Å². The molecule has 0 radical (unpaired) electrons. The maximum atomic E-state index is 14.8. The van der Waals surface area contributed by atoms with Crippen molar-refractivity contribution in [3.63, 3.8) is 0 Å². The van der Waals surface area contributed by atoms with Gasteiger partial charge >= 0.3 is 6.18 Å². The number of aliphatic hydroxyl groups is 1. The highest BCUT2D eigenvalue weighted by Gasteiger charge is 2.44. The second-order valence-corrected chi connectivity index (χ2v) is 13.9. The summed E-state index contributed by atoms with van der Waals surface area (Å²) in [5.41, 5.74) is 2.26. The topological polar surface area (TPSA) is 65.4 Å². The first kappa shape index (κ1) is 38.6. The van der Waals surface area contributed by atoms with E-state index in [1.54, 1.807) is 55.1 Å². The zero-order chi connectivity index (χ0) is 35.6. The van der Waals surface area contributed by atoms with Crippen LogP contribution in [-0.2, 0) is 12.7 Å². The van der Waals surface area contributed by atoms with Gasteiger partial charge in [0.05, 0.1) is 29.9 Å². The summed E-state index contributed by atoms with van der Waals surface area (Å²) < 4.78 is 47.7. The van der Waals surface area contributed by atoms with Gasteiger partial charge in [-0.15, -0.1) is 12.4 Å². The van der Waals surface area contributed by atoms with Crippen LogP contribution < -0.4 is 4.74 Å². The third kappa shape index (κ3) is 8.72. The van der Waals surface area contributed by atoms with Gasteiger partial charge in [0, 0.05) is 28.2 Å².